The molecule has 3 heteroatoms. The summed E-state index contributed by atoms with van der Waals surface area (Å²) in [5.74, 6) is 0.525. The number of rotatable bonds is 4. The van der Waals surface area contributed by atoms with Crippen molar-refractivity contribution in [2.45, 2.75) is 51.9 Å². The fourth-order valence-corrected chi connectivity index (χ4v) is 3.46. The van der Waals surface area contributed by atoms with Crippen LogP contribution in [-0.4, -0.2) is 18.9 Å². The van der Waals surface area contributed by atoms with Crippen molar-refractivity contribution in [2.24, 2.45) is 17.3 Å². The number of carbonyl (C=O) groups excluding carboxylic acids is 2. The molecular formula is C14H22O3. The van der Waals surface area contributed by atoms with E-state index in [2.05, 4.69) is 6.92 Å². The quantitative estimate of drug-likeness (QED) is 0.558. The second kappa shape index (κ2) is 4.79. The van der Waals surface area contributed by atoms with Gasteiger partial charge in [-0.3, -0.25) is 9.59 Å². The van der Waals surface area contributed by atoms with E-state index in [0.29, 0.717) is 18.8 Å². The fourth-order valence-electron chi connectivity index (χ4n) is 3.46. The summed E-state index contributed by atoms with van der Waals surface area (Å²) in [6.07, 6.45) is 6.67. The molecule has 0 aliphatic heterocycles. The van der Waals surface area contributed by atoms with Crippen LogP contribution in [0.3, 0.4) is 0 Å². The van der Waals surface area contributed by atoms with E-state index in [4.69, 9.17) is 4.74 Å². The highest BCUT2D eigenvalue weighted by Crippen LogP contribution is 2.51. The van der Waals surface area contributed by atoms with Gasteiger partial charge >= 0.3 is 5.97 Å². The van der Waals surface area contributed by atoms with Gasteiger partial charge in [0.1, 0.15) is 5.41 Å². The summed E-state index contributed by atoms with van der Waals surface area (Å²) in [6, 6.07) is 0. The van der Waals surface area contributed by atoms with E-state index in [1.165, 1.54) is 7.11 Å². The van der Waals surface area contributed by atoms with Crippen LogP contribution in [-0.2, 0) is 14.3 Å². The molecule has 0 heterocycles. The van der Waals surface area contributed by atoms with Gasteiger partial charge in [-0.25, -0.2) is 0 Å². The highest BCUT2D eigenvalue weighted by Gasteiger charge is 2.57. The Balaban J connectivity index is 2.11. The molecule has 0 aromatic rings. The number of esters is 1. The third kappa shape index (κ3) is 2.00. The first-order chi connectivity index (χ1) is 8.14. The monoisotopic (exact) mass is 238 g/mol. The van der Waals surface area contributed by atoms with Crippen molar-refractivity contribution in [3.63, 3.8) is 0 Å². The number of carbonyl (C=O) groups is 2. The van der Waals surface area contributed by atoms with Gasteiger partial charge in [0.25, 0.3) is 0 Å². The molecule has 0 bridgehead atoms. The molecule has 2 fully saturated rings. The lowest BCUT2D eigenvalue weighted by molar-refractivity contribution is -0.169. The summed E-state index contributed by atoms with van der Waals surface area (Å²) in [6.45, 7) is 2.12. The molecule has 2 saturated carbocycles. The minimum atomic E-state index is -0.773. The van der Waals surface area contributed by atoms with Crippen molar-refractivity contribution >= 4 is 11.8 Å². The van der Waals surface area contributed by atoms with Gasteiger partial charge in [-0.2, -0.15) is 0 Å². The zero-order valence-corrected chi connectivity index (χ0v) is 10.8. The number of methoxy groups -OCH3 is 1. The first kappa shape index (κ1) is 12.6. The van der Waals surface area contributed by atoms with Crippen LogP contribution >= 0.6 is 0 Å². The number of hydrogen-bond donors (Lipinski definition) is 0. The minimum Gasteiger partial charge on any atom is -0.468 e. The molecule has 0 radical (unpaired) electrons. The predicted octanol–water partition coefficient (Wildman–Crippen LogP) is 2.73. The molecule has 0 unspecified atom stereocenters. The van der Waals surface area contributed by atoms with Crippen LogP contribution in [0.25, 0.3) is 0 Å². The lowest BCUT2D eigenvalue weighted by Gasteiger charge is -2.44. The summed E-state index contributed by atoms with van der Waals surface area (Å²) >= 11 is 0. The molecule has 2 aliphatic rings. The van der Waals surface area contributed by atoms with Crippen LogP contribution in [0, 0.1) is 17.3 Å². The number of ether oxygens (including phenoxy) is 1. The standard InChI is InChI=1S/C14H22O3/c1-3-10-8-14(9-10,13(16)17-2)12(15)11-6-4-5-7-11/h10-11H,3-9H2,1-2H3. The Morgan fingerprint density at radius 1 is 1.24 bits per heavy atom. The van der Waals surface area contributed by atoms with Crippen LogP contribution in [0.2, 0.25) is 0 Å². The van der Waals surface area contributed by atoms with E-state index < -0.39 is 5.41 Å². The Morgan fingerprint density at radius 3 is 2.29 bits per heavy atom. The van der Waals surface area contributed by atoms with Gasteiger partial charge in [-0.15, -0.1) is 0 Å². The van der Waals surface area contributed by atoms with Crippen LogP contribution in [0.15, 0.2) is 0 Å². The molecule has 0 aromatic heterocycles. The van der Waals surface area contributed by atoms with Gasteiger partial charge in [-0.05, 0) is 31.6 Å². The van der Waals surface area contributed by atoms with E-state index in [1.807, 2.05) is 0 Å². The van der Waals surface area contributed by atoms with Gasteiger partial charge in [0, 0.05) is 5.92 Å². The first-order valence-corrected chi connectivity index (χ1v) is 6.76. The van der Waals surface area contributed by atoms with Crippen LogP contribution in [0.4, 0.5) is 0 Å². The van der Waals surface area contributed by atoms with E-state index in [9.17, 15) is 9.59 Å². The van der Waals surface area contributed by atoms with Crippen LogP contribution in [0.5, 0.6) is 0 Å². The molecule has 3 nitrogen and oxygen atoms in total. The lowest BCUT2D eigenvalue weighted by Crippen LogP contribution is -2.52. The summed E-state index contributed by atoms with van der Waals surface area (Å²) in [5, 5.41) is 0. The zero-order chi connectivity index (χ0) is 12.5. The first-order valence-electron chi connectivity index (χ1n) is 6.76. The van der Waals surface area contributed by atoms with Crippen molar-refractivity contribution in [1.82, 2.24) is 0 Å². The smallest absolute Gasteiger partial charge is 0.319 e. The van der Waals surface area contributed by atoms with Gasteiger partial charge in [0.15, 0.2) is 5.78 Å². The highest BCUT2D eigenvalue weighted by molar-refractivity contribution is 6.05. The lowest BCUT2D eigenvalue weighted by atomic mass is 9.57. The van der Waals surface area contributed by atoms with Crippen molar-refractivity contribution < 1.29 is 14.3 Å². The second-order valence-electron chi connectivity index (χ2n) is 5.60. The molecule has 0 aromatic carbocycles. The average Bonchev–Trinajstić information content (AvgIpc) is 2.80. The zero-order valence-electron chi connectivity index (χ0n) is 10.8. The molecule has 2 aliphatic carbocycles. The van der Waals surface area contributed by atoms with E-state index in [0.717, 1.165) is 32.1 Å². The maximum absolute atomic E-state index is 12.5. The van der Waals surface area contributed by atoms with Crippen molar-refractivity contribution in [3.8, 4) is 0 Å². The summed E-state index contributed by atoms with van der Waals surface area (Å²) in [5.41, 5.74) is -0.773. The van der Waals surface area contributed by atoms with E-state index >= 15 is 0 Å². The Labute approximate surface area is 103 Å². The molecule has 0 saturated heterocycles. The minimum absolute atomic E-state index is 0.118. The molecule has 96 valence electrons. The SMILES string of the molecule is CCC1CC(C(=O)OC)(C(=O)C2CCCC2)C1. The van der Waals surface area contributed by atoms with E-state index in [1.54, 1.807) is 0 Å². The molecule has 0 atom stereocenters. The summed E-state index contributed by atoms with van der Waals surface area (Å²) in [4.78, 5) is 24.4. The maximum atomic E-state index is 12.5. The number of Topliss-reactive ketones (excluding diaryl/α,β-unsaturated/α-hetero) is 1. The fraction of sp³-hybridized carbons (Fsp3) is 0.857. The highest BCUT2D eigenvalue weighted by atomic mass is 16.5. The molecule has 17 heavy (non-hydrogen) atoms. The van der Waals surface area contributed by atoms with Crippen molar-refractivity contribution in [3.05, 3.63) is 0 Å². The van der Waals surface area contributed by atoms with Gasteiger partial charge in [0.2, 0.25) is 0 Å². The molecule has 2 rings (SSSR count). The van der Waals surface area contributed by atoms with Gasteiger partial charge in [-0.1, -0.05) is 26.2 Å². The average molecular weight is 238 g/mol. The van der Waals surface area contributed by atoms with E-state index in [-0.39, 0.29) is 17.7 Å². The van der Waals surface area contributed by atoms with Gasteiger partial charge in [0.05, 0.1) is 7.11 Å². The Kier molecular flexibility index (Phi) is 3.55. The topological polar surface area (TPSA) is 43.4 Å². The Hall–Kier alpha value is -0.860. The molecule has 0 amide bonds. The number of hydrogen-bond acceptors (Lipinski definition) is 3. The summed E-state index contributed by atoms with van der Waals surface area (Å²) in [7, 11) is 1.39. The molecule has 0 spiro atoms. The van der Waals surface area contributed by atoms with Crippen molar-refractivity contribution in [1.29, 1.82) is 0 Å². The summed E-state index contributed by atoms with van der Waals surface area (Å²) < 4.78 is 4.87. The third-order valence-corrected chi connectivity index (χ3v) is 4.63. The normalized spacial score (nSPS) is 33.2. The third-order valence-electron chi connectivity index (χ3n) is 4.63. The van der Waals surface area contributed by atoms with Gasteiger partial charge < -0.3 is 4.74 Å². The number of ketones is 1. The Morgan fingerprint density at radius 2 is 1.82 bits per heavy atom. The van der Waals surface area contributed by atoms with Crippen molar-refractivity contribution in [2.75, 3.05) is 7.11 Å². The Bertz CT molecular complexity index is 309. The molecule has 0 N–H and O–H groups in total. The maximum Gasteiger partial charge on any atom is 0.319 e. The largest absolute Gasteiger partial charge is 0.468 e. The second-order valence-corrected chi connectivity index (χ2v) is 5.60. The predicted molar refractivity (Wildman–Crippen MR) is 64.4 cm³/mol. The molecular weight excluding hydrogens is 216 g/mol. The van der Waals surface area contributed by atoms with Crippen LogP contribution in [0.1, 0.15) is 51.9 Å². The van der Waals surface area contributed by atoms with Crippen LogP contribution < -0.4 is 0 Å².